The average Bonchev–Trinajstić information content (AvgIpc) is 2.47. The third-order valence-electron chi connectivity index (χ3n) is 2.57. The third kappa shape index (κ3) is 3.58. The van der Waals surface area contributed by atoms with Crippen LogP contribution in [0.3, 0.4) is 0 Å². The van der Waals surface area contributed by atoms with E-state index in [0.717, 1.165) is 22.7 Å². The number of nitrogens with one attached hydrogen (secondary N) is 1. The molecule has 1 aromatic carbocycles. The molecular formula is C14H17N3O2. The first-order valence-electron chi connectivity index (χ1n) is 6.12. The van der Waals surface area contributed by atoms with Crippen molar-refractivity contribution in [3.8, 4) is 11.5 Å². The van der Waals surface area contributed by atoms with Gasteiger partial charge in [0.25, 0.3) is 0 Å². The molecule has 1 N–H and O–H groups in total. The lowest BCUT2D eigenvalue weighted by Gasteiger charge is -2.12. The topological polar surface area (TPSA) is 56.3 Å². The maximum atomic E-state index is 5.53. The Morgan fingerprint density at radius 1 is 1.16 bits per heavy atom. The molecule has 0 radical (unpaired) electrons. The first-order chi connectivity index (χ1) is 9.33. The van der Waals surface area contributed by atoms with Crippen LogP contribution in [0, 0.1) is 0 Å². The van der Waals surface area contributed by atoms with E-state index in [0.29, 0.717) is 13.2 Å². The Hall–Kier alpha value is -2.30. The molecule has 2 aromatic rings. The lowest BCUT2D eigenvalue weighted by atomic mass is 10.2. The van der Waals surface area contributed by atoms with Crippen LogP contribution < -0.4 is 14.8 Å². The molecule has 100 valence electrons. The van der Waals surface area contributed by atoms with E-state index in [4.69, 9.17) is 9.47 Å². The van der Waals surface area contributed by atoms with Gasteiger partial charge in [0.15, 0.2) is 11.5 Å². The number of methoxy groups -OCH3 is 1. The van der Waals surface area contributed by atoms with E-state index < -0.39 is 0 Å². The molecule has 19 heavy (non-hydrogen) atoms. The second-order valence-electron chi connectivity index (χ2n) is 3.90. The van der Waals surface area contributed by atoms with Crippen LogP contribution in [0.5, 0.6) is 11.5 Å². The molecule has 0 fully saturated rings. The van der Waals surface area contributed by atoms with Crippen LogP contribution in [0.2, 0.25) is 0 Å². The highest BCUT2D eigenvalue weighted by Crippen LogP contribution is 2.30. The summed E-state index contributed by atoms with van der Waals surface area (Å²) in [6.07, 6.45) is 5.09. The van der Waals surface area contributed by atoms with Crippen LogP contribution in [0.4, 0.5) is 5.69 Å². The van der Waals surface area contributed by atoms with Crippen LogP contribution >= 0.6 is 0 Å². The number of aromatic nitrogens is 2. The molecule has 0 saturated heterocycles. The van der Waals surface area contributed by atoms with Gasteiger partial charge in [-0.15, -0.1) is 0 Å². The van der Waals surface area contributed by atoms with Gasteiger partial charge in [0.2, 0.25) is 0 Å². The van der Waals surface area contributed by atoms with Gasteiger partial charge in [0.1, 0.15) is 6.33 Å². The molecule has 0 amide bonds. The summed E-state index contributed by atoms with van der Waals surface area (Å²) < 4.78 is 10.8. The minimum absolute atomic E-state index is 0.604. The summed E-state index contributed by atoms with van der Waals surface area (Å²) in [5.74, 6) is 1.47. The second kappa shape index (κ2) is 6.58. The number of hydrogen-bond donors (Lipinski definition) is 1. The van der Waals surface area contributed by atoms with E-state index >= 15 is 0 Å². The summed E-state index contributed by atoms with van der Waals surface area (Å²) in [5, 5.41) is 3.30. The lowest BCUT2D eigenvalue weighted by molar-refractivity contribution is 0.311. The fourth-order valence-corrected chi connectivity index (χ4v) is 1.68. The van der Waals surface area contributed by atoms with Gasteiger partial charge in [0.05, 0.1) is 13.7 Å². The number of benzene rings is 1. The zero-order chi connectivity index (χ0) is 13.5. The molecule has 0 unspecified atom stereocenters. The molecule has 0 bridgehead atoms. The van der Waals surface area contributed by atoms with E-state index in [1.807, 2.05) is 25.1 Å². The Morgan fingerprint density at radius 2 is 1.95 bits per heavy atom. The summed E-state index contributed by atoms with van der Waals surface area (Å²) in [4.78, 5) is 7.95. The summed E-state index contributed by atoms with van der Waals surface area (Å²) in [5.41, 5.74) is 1.99. The summed E-state index contributed by atoms with van der Waals surface area (Å²) in [6, 6.07) is 5.76. The molecule has 0 saturated carbocycles. The monoisotopic (exact) mass is 259 g/mol. The van der Waals surface area contributed by atoms with Gasteiger partial charge in [-0.1, -0.05) is 0 Å². The lowest BCUT2D eigenvalue weighted by Crippen LogP contribution is -2.02. The zero-order valence-corrected chi connectivity index (χ0v) is 11.1. The van der Waals surface area contributed by atoms with Gasteiger partial charge < -0.3 is 14.8 Å². The van der Waals surface area contributed by atoms with Crippen molar-refractivity contribution in [2.75, 3.05) is 19.0 Å². The van der Waals surface area contributed by atoms with E-state index in [9.17, 15) is 0 Å². The Bertz CT molecular complexity index is 517. The minimum atomic E-state index is 0.604. The molecule has 2 rings (SSSR count). The maximum Gasteiger partial charge on any atom is 0.163 e. The zero-order valence-electron chi connectivity index (χ0n) is 11.1. The van der Waals surface area contributed by atoms with E-state index in [-0.39, 0.29) is 0 Å². The number of ether oxygens (including phenoxy) is 2. The Kier molecular flexibility index (Phi) is 4.55. The minimum Gasteiger partial charge on any atom is -0.493 e. The second-order valence-corrected chi connectivity index (χ2v) is 3.90. The van der Waals surface area contributed by atoms with Crippen molar-refractivity contribution in [2.24, 2.45) is 0 Å². The molecule has 0 atom stereocenters. The SMILES string of the molecule is CCOc1cc(NCc2cncnc2)ccc1OC. The molecule has 0 aliphatic carbocycles. The molecule has 1 aromatic heterocycles. The standard InChI is InChI=1S/C14H17N3O2/c1-3-19-14-6-12(4-5-13(14)18-2)17-9-11-7-15-10-16-8-11/h4-8,10,17H,3,9H2,1-2H3. The van der Waals surface area contributed by atoms with Crippen molar-refractivity contribution in [3.63, 3.8) is 0 Å². The van der Waals surface area contributed by atoms with Crippen molar-refractivity contribution >= 4 is 5.69 Å². The van der Waals surface area contributed by atoms with Gasteiger partial charge in [-0.25, -0.2) is 9.97 Å². The van der Waals surface area contributed by atoms with Gasteiger partial charge in [-0.05, 0) is 19.1 Å². The molecule has 1 heterocycles. The summed E-state index contributed by atoms with van der Waals surface area (Å²) >= 11 is 0. The number of nitrogens with zero attached hydrogens (tertiary/aromatic N) is 2. The Morgan fingerprint density at radius 3 is 2.63 bits per heavy atom. The van der Waals surface area contributed by atoms with Crippen molar-refractivity contribution in [1.29, 1.82) is 0 Å². The summed E-state index contributed by atoms with van der Waals surface area (Å²) in [7, 11) is 1.63. The molecule has 0 aliphatic heterocycles. The smallest absolute Gasteiger partial charge is 0.163 e. The Labute approximate surface area is 112 Å². The molecule has 0 spiro atoms. The maximum absolute atomic E-state index is 5.53. The normalized spacial score (nSPS) is 10.0. The third-order valence-corrected chi connectivity index (χ3v) is 2.57. The quantitative estimate of drug-likeness (QED) is 0.863. The first-order valence-corrected chi connectivity index (χ1v) is 6.12. The van der Waals surface area contributed by atoms with Crippen molar-refractivity contribution in [2.45, 2.75) is 13.5 Å². The Balaban J connectivity index is 2.06. The van der Waals surface area contributed by atoms with Crippen LogP contribution in [0.25, 0.3) is 0 Å². The highest BCUT2D eigenvalue weighted by molar-refractivity contribution is 5.54. The molecule has 5 nitrogen and oxygen atoms in total. The highest BCUT2D eigenvalue weighted by Gasteiger charge is 2.05. The predicted octanol–water partition coefficient (Wildman–Crippen LogP) is 2.50. The van der Waals surface area contributed by atoms with Crippen molar-refractivity contribution in [3.05, 3.63) is 42.5 Å². The van der Waals surface area contributed by atoms with Crippen LogP contribution in [0.1, 0.15) is 12.5 Å². The molecule has 5 heteroatoms. The van der Waals surface area contributed by atoms with Crippen molar-refractivity contribution < 1.29 is 9.47 Å². The van der Waals surface area contributed by atoms with Gasteiger partial charge in [-0.3, -0.25) is 0 Å². The first kappa shape index (κ1) is 13.1. The summed E-state index contributed by atoms with van der Waals surface area (Å²) in [6.45, 7) is 3.21. The van der Waals surface area contributed by atoms with E-state index in [2.05, 4.69) is 15.3 Å². The van der Waals surface area contributed by atoms with Crippen LogP contribution in [-0.4, -0.2) is 23.7 Å². The van der Waals surface area contributed by atoms with Gasteiger partial charge in [-0.2, -0.15) is 0 Å². The number of anilines is 1. The molecular weight excluding hydrogens is 242 g/mol. The van der Waals surface area contributed by atoms with Crippen molar-refractivity contribution in [1.82, 2.24) is 9.97 Å². The van der Waals surface area contributed by atoms with Gasteiger partial charge in [0, 0.05) is 36.3 Å². The molecule has 0 aliphatic rings. The largest absolute Gasteiger partial charge is 0.493 e. The number of rotatable bonds is 6. The fourth-order valence-electron chi connectivity index (χ4n) is 1.68. The van der Waals surface area contributed by atoms with E-state index in [1.165, 1.54) is 6.33 Å². The highest BCUT2D eigenvalue weighted by atomic mass is 16.5. The van der Waals surface area contributed by atoms with Crippen LogP contribution in [0.15, 0.2) is 36.9 Å². The number of hydrogen-bond acceptors (Lipinski definition) is 5. The van der Waals surface area contributed by atoms with Crippen LogP contribution in [-0.2, 0) is 6.54 Å². The van der Waals surface area contributed by atoms with E-state index in [1.54, 1.807) is 19.5 Å². The van der Waals surface area contributed by atoms with Gasteiger partial charge >= 0.3 is 0 Å². The average molecular weight is 259 g/mol. The predicted molar refractivity (Wildman–Crippen MR) is 73.5 cm³/mol. The fraction of sp³-hybridized carbons (Fsp3) is 0.286.